The maximum atomic E-state index is 12.3. The Bertz CT molecular complexity index is 893. The van der Waals surface area contributed by atoms with Crippen LogP contribution in [0.3, 0.4) is 0 Å². The zero-order valence-corrected chi connectivity index (χ0v) is 12.3. The predicted octanol–water partition coefficient (Wildman–Crippen LogP) is 2.67. The Morgan fingerprint density at radius 3 is 2.61 bits per heavy atom. The van der Waals surface area contributed by atoms with Gasteiger partial charge in [-0.05, 0) is 30.3 Å². The van der Waals surface area contributed by atoms with E-state index in [0.717, 1.165) is 5.52 Å². The molecule has 0 aliphatic carbocycles. The van der Waals surface area contributed by atoms with Crippen molar-refractivity contribution in [1.82, 2.24) is 9.97 Å². The van der Waals surface area contributed by atoms with E-state index in [1.54, 1.807) is 24.3 Å². The van der Waals surface area contributed by atoms with E-state index in [4.69, 9.17) is 0 Å². The predicted molar refractivity (Wildman–Crippen MR) is 85.3 cm³/mol. The van der Waals surface area contributed by atoms with E-state index in [0.29, 0.717) is 16.8 Å². The van der Waals surface area contributed by atoms with Gasteiger partial charge in [-0.25, -0.2) is 9.78 Å². The number of nitrogens with one attached hydrogen (secondary N) is 1. The Morgan fingerprint density at radius 1 is 1.04 bits per heavy atom. The maximum absolute atomic E-state index is 12.3. The number of para-hydroxylation sites is 2. The topological polar surface area (TPSA) is 81.2 Å². The van der Waals surface area contributed by atoms with Crippen LogP contribution in [-0.2, 0) is 4.74 Å². The summed E-state index contributed by atoms with van der Waals surface area (Å²) < 4.78 is 4.66. The third kappa shape index (κ3) is 3.16. The number of benzene rings is 2. The van der Waals surface area contributed by atoms with Crippen LogP contribution in [0, 0.1) is 0 Å². The average Bonchev–Trinajstić information content (AvgIpc) is 2.60. The first kappa shape index (κ1) is 14.6. The standard InChI is InChI=1S/C17H13N3O3/c1-23-17(22)11-5-4-6-12(9-11)19-16(21)15-10-18-13-7-2-3-8-14(13)20-15/h2-10H,1H3,(H,19,21). The number of fused-ring (bicyclic) bond motifs is 1. The normalized spacial score (nSPS) is 10.3. The number of hydrogen-bond donors (Lipinski definition) is 1. The molecule has 1 N–H and O–H groups in total. The van der Waals surface area contributed by atoms with Gasteiger partial charge in [0.25, 0.3) is 5.91 Å². The highest BCUT2D eigenvalue weighted by Crippen LogP contribution is 2.14. The molecule has 0 aliphatic rings. The number of ether oxygens (including phenoxy) is 1. The van der Waals surface area contributed by atoms with Gasteiger partial charge in [-0.15, -0.1) is 0 Å². The summed E-state index contributed by atoms with van der Waals surface area (Å²) in [4.78, 5) is 32.3. The van der Waals surface area contributed by atoms with Crippen LogP contribution in [0.1, 0.15) is 20.8 Å². The van der Waals surface area contributed by atoms with Gasteiger partial charge in [0, 0.05) is 5.69 Å². The van der Waals surface area contributed by atoms with Crippen LogP contribution in [0.15, 0.2) is 54.7 Å². The average molecular weight is 307 g/mol. The van der Waals surface area contributed by atoms with E-state index in [1.807, 2.05) is 18.2 Å². The Hall–Kier alpha value is -3.28. The third-order valence-corrected chi connectivity index (χ3v) is 3.22. The van der Waals surface area contributed by atoms with Crippen molar-refractivity contribution in [3.05, 3.63) is 66.0 Å². The number of anilines is 1. The molecule has 1 amide bonds. The van der Waals surface area contributed by atoms with Crippen LogP contribution in [0.5, 0.6) is 0 Å². The maximum Gasteiger partial charge on any atom is 0.337 e. The Morgan fingerprint density at radius 2 is 1.83 bits per heavy atom. The molecule has 3 aromatic rings. The summed E-state index contributed by atoms with van der Waals surface area (Å²) in [5, 5.41) is 2.69. The van der Waals surface area contributed by atoms with Crippen molar-refractivity contribution in [1.29, 1.82) is 0 Å². The summed E-state index contributed by atoms with van der Waals surface area (Å²) in [7, 11) is 1.30. The minimum absolute atomic E-state index is 0.201. The number of carbonyl (C=O) groups excluding carboxylic acids is 2. The highest BCUT2D eigenvalue weighted by molar-refractivity contribution is 6.04. The highest BCUT2D eigenvalue weighted by Gasteiger charge is 2.11. The van der Waals surface area contributed by atoms with E-state index in [2.05, 4.69) is 20.0 Å². The second-order valence-corrected chi connectivity index (χ2v) is 4.77. The fourth-order valence-corrected chi connectivity index (χ4v) is 2.10. The molecule has 0 aliphatic heterocycles. The van der Waals surface area contributed by atoms with E-state index in [1.165, 1.54) is 19.4 Å². The first-order valence-electron chi connectivity index (χ1n) is 6.89. The molecule has 0 fully saturated rings. The van der Waals surface area contributed by atoms with Crippen LogP contribution in [0.2, 0.25) is 0 Å². The molecular formula is C17H13N3O3. The van der Waals surface area contributed by atoms with Crippen LogP contribution in [0.25, 0.3) is 11.0 Å². The molecule has 6 heteroatoms. The quantitative estimate of drug-likeness (QED) is 0.752. The Labute approximate surface area is 132 Å². The van der Waals surface area contributed by atoms with Gasteiger partial charge in [0.1, 0.15) is 5.69 Å². The summed E-state index contributed by atoms with van der Waals surface area (Å²) in [5.41, 5.74) is 2.40. The van der Waals surface area contributed by atoms with Crippen molar-refractivity contribution < 1.29 is 14.3 Å². The molecule has 0 saturated heterocycles. The number of rotatable bonds is 3. The molecular weight excluding hydrogens is 294 g/mol. The van der Waals surface area contributed by atoms with Crippen molar-refractivity contribution in [2.75, 3.05) is 12.4 Å². The molecule has 0 radical (unpaired) electrons. The lowest BCUT2D eigenvalue weighted by molar-refractivity contribution is 0.0600. The van der Waals surface area contributed by atoms with Crippen molar-refractivity contribution in [2.45, 2.75) is 0 Å². The molecule has 0 spiro atoms. The molecule has 0 unspecified atom stereocenters. The molecule has 6 nitrogen and oxygen atoms in total. The lowest BCUT2D eigenvalue weighted by Crippen LogP contribution is -2.14. The Balaban J connectivity index is 1.84. The molecule has 0 bridgehead atoms. The van der Waals surface area contributed by atoms with E-state index in [-0.39, 0.29) is 5.69 Å². The number of esters is 1. The summed E-state index contributed by atoms with van der Waals surface area (Å²) >= 11 is 0. The molecule has 1 aromatic heterocycles. The number of amides is 1. The third-order valence-electron chi connectivity index (χ3n) is 3.22. The number of nitrogens with zero attached hydrogens (tertiary/aromatic N) is 2. The van der Waals surface area contributed by atoms with Crippen molar-refractivity contribution in [3.8, 4) is 0 Å². The SMILES string of the molecule is COC(=O)c1cccc(NC(=O)c2cnc3ccccc3n2)c1. The lowest BCUT2D eigenvalue weighted by atomic mass is 10.2. The van der Waals surface area contributed by atoms with Crippen molar-refractivity contribution in [3.63, 3.8) is 0 Å². The number of methoxy groups -OCH3 is 1. The zero-order chi connectivity index (χ0) is 16.2. The van der Waals surface area contributed by atoms with Crippen LogP contribution >= 0.6 is 0 Å². The minimum atomic E-state index is -0.466. The highest BCUT2D eigenvalue weighted by atomic mass is 16.5. The summed E-state index contributed by atoms with van der Waals surface area (Å²) in [6, 6.07) is 13.8. The number of carbonyl (C=O) groups is 2. The first-order valence-corrected chi connectivity index (χ1v) is 6.89. The van der Waals surface area contributed by atoms with E-state index < -0.39 is 11.9 Å². The fourth-order valence-electron chi connectivity index (χ4n) is 2.10. The smallest absolute Gasteiger partial charge is 0.337 e. The second-order valence-electron chi connectivity index (χ2n) is 4.77. The van der Waals surface area contributed by atoms with Gasteiger partial charge in [0.2, 0.25) is 0 Å². The van der Waals surface area contributed by atoms with E-state index >= 15 is 0 Å². The number of aromatic nitrogens is 2. The van der Waals surface area contributed by atoms with Crippen LogP contribution in [0.4, 0.5) is 5.69 Å². The molecule has 3 rings (SSSR count). The summed E-state index contributed by atoms with van der Waals surface area (Å²) in [6.07, 6.45) is 1.42. The largest absolute Gasteiger partial charge is 0.465 e. The van der Waals surface area contributed by atoms with Gasteiger partial charge in [-0.1, -0.05) is 18.2 Å². The molecule has 2 aromatic carbocycles. The lowest BCUT2D eigenvalue weighted by Gasteiger charge is -2.06. The van der Waals surface area contributed by atoms with Crippen molar-refractivity contribution in [2.24, 2.45) is 0 Å². The monoisotopic (exact) mass is 307 g/mol. The second kappa shape index (κ2) is 6.23. The van der Waals surface area contributed by atoms with Gasteiger partial charge in [-0.2, -0.15) is 0 Å². The molecule has 0 saturated carbocycles. The van der Waals surface area contributed by atoms with E-state index in [9.17, 15) is 9.59 Å². The first-order chi connectivity index (χ1) is 11.2. The minimum Gasteiger partial charge on any atom is -0.465 e. The van der Waals surface area contributed by atoms with Gasteiger partial charge < -0.3 is 10.1 Å². The molecule has 114 valence electrons. The number of hydrogen-bond acceptors (Lipinski definition) is 5. The van der Waals surface area contributed by atoms with Crippen LogP contribution < -0.4 is 5.32 Å². The van der Waals surface area contributed by atoms with Gasteiger partial charge in [0.15, 0.2) is 0 Å². The molecule has 1 heterocycles. The Kier molecular flexibility index (Phi) is 3.97. The van der Waals surface area contributed by atoms with Crippen LogP contribution in [-0.4, -0.2) is 29.0 Å². The fraction of sp³-hybridized carbons (Fsp3) is 0.0588. The van der Waals surface area contributed by atoms with Gasteiger partial charge in [-0.3, -0.25) is 9.78 Å². The molecule has 23 heavy (non-hydrogen) atoms. The van der Waals surface area contributed by atoms with Crippen molar-refractivity contribution >= 4 is 28.6 Å². The summed E-state index contributed by atoms with van der Waals surface area (Å²) in [5.74, 6) is -0.864. The summed E-state index contributed by atoms with van der Waals surface area (Å²) in [6.45, 7) is 0. The zero-order valence-electron chi connectivity index (χ0n) is 12.3. The van der Waals surface area contributed by atoms with Gasteiger partial charge >= 0.3 is 5.97 Å². The molecule has 0 atom stereocenters. The van der Waals surface area contributed by atoms with Gasteiger partial charge in [0.05, 0.1) is 29.9 Å².